The fourth-order valence-electron chi connectivity index (χ4n) is 3.95. The van der Waals surface area contributed by atoms with Crippen molar-refractivity contribution in [1.82, 2.24) is 4.31 Å². The normalized spacial score (nSPS) is 12.4. The van der Waals surface area contributed by atoms with Crippen LogP contribution in [0, 0.1) is 0 Å². The molecule has 0 saturated heterocycles. The number of ether oxygens (including phenoxy) is 2. The molecule has 0 aliphatic heterocycles. The molecular weight excluding hydrogens is 517 g/mol. The van der Waals surface area contributed by atoms with Crippen LogP contribution in [0.15, 0.2) is 89.8 Å². The monoisotopic (exact) mass is 547 g/mol. The standard InChI is InChI=1S/C26H30NO8PS/c1-3-26(4-2,36(29,30)31)27(19-25(28)34-20-21-11-7-5-8-12-21)37(32,33)24-17-15-23(16-18-24)35-22-13-9-6-10-14-22/h5-18H,3-4,19-20H2,1-2H3,(H2,29,30,31). The van der Waals surface area contributed by atoms with Crippen molar-refractivity contribution in [3.8, 4) is 11.5 Å². The highest BCUT2D eigenvalue weighted by molar-refractivity contribution is 7.89. The maximum Gasteiger partial charge on any atom is 0.346 e. The van der Waals surface area contributed by atoms with Crippen molar-refractivity contribution < 1.29 is 37.0 Å². The van der Waals surface area contributed by atoms with E-state index in [-0.39, 0.29) is 24.3 Å². The van der Waals surface area contributed by atoms with Gasteiger partial charge in [0.15, 0.2) is 0 Å². The predicted molar refractivity (Wildman–Crippen MR) is 138 cm³/mol. The second-order valence-electron chi connectivity index (χ2n) is 8.28. The summed E-state index contributed by atoms with van der Waals surface area (Å²) in [5.74, 6) is -0.0132. The van der Waals surface area contributed by atoms with Gasteiger partial charge in [0.2, 0.25) is 10.0 Å². The van der Waals surface area contributed by atoms with E-state index in [9.17, 15) is 27.6 Å². The zero-order valence-electron chi connectivity index (χ0n) is 20.6. The highest BCUT2D eigenvalue weighted by atomic mass is 32.2. The van der Waals surface area contributed by atoms with Gasteiger partial charge in [0.1, 0.15) is 29.9 Å². The minimum Gasteiger partial charge on any atom is -0.460 e. The van der Waals surface area contributed by atoms with E-state index >= 15 is 0 Å². The van der Waals surface area contributed by atoms with Gasteiger partial charge < -0.3 is 19.3 Å². The molecular formula is C26H30NO8PS. The van der Waals surface area contributed by atoms with Crippen LogP contribution in [0.2, 0.25) is 0 Å². The summed E-state index contributed by atoms with van der Waals surface area (Å²) in [6.07, 6.45) is -0.456. The van der Waals surface area contributed by atoms with E-state index in [1.807, 2.05) is 6.07 Å². The number of sulfonamides is 1. The van der Waals surface area contributed by atoms with E-state index < -0.39 is 35.4 Å². The van der Waals surface area contributed by atoms with Gasteiger partial charge in [-0.3, -0.25) is 9.36 Å². The van der Waals surface area contributed by atoms with E-state index in [2.05, 4.69) is 0 Å². The van der Waals surface area contributed by atoms with Crippen molar-refractivity contribution in [2.45, 2.75) is 43.5 Å². The van der Waals surface area contributed by atoms with Gasteiger partial charge in [0, 0.05) is 0 Å². The summed E-state index contributed by atoms with van der Waals surface area (Å²) < 4.78 is 51.7. The molecule has 0 atom stereocenters. The maximum absolute atomic E-state index is 13.8. The molecule has 0 unspecified atom stereocenters. The van der Waals surface area contributed by atoms with Gasteiger partial charge in [-0.25, -0.2) is 8.42 Å². The lowest BCUT2D eigenvalue weighted by Crippen LogP contribution is -2.53. The lowest BCUT2D eigenvalue weighted by Gasteiger charge is -2.41. The van der Waals surface area contributed by atoms with Crippen LogP contribution in [-0.4, -0.2) is 40.3 Å². The molecule has 0 fully saturated rings. The van der Waals surface area contributed by atoms with Crippen molar-refractivity contribution in [1.29, 1.82) is 0 Å². The second-order valence-corrected chi connectivity index (χ2v) is 12.1. The molecule has 37 heavy (non-hydrogen) atoms. The molecule has 0 bridgehead atoms. The molecule has 0 spiro atoms. The summed E-state index contributed by atoms with van der Waals surface area (Å²) >= 11 is 0. The van der Waals surface area contributed by atoms with E-state index in [1.165, 1.54) is 38.1 Å². The summed E-state index contributed by atoms with van der Waals surface area (Å²) in [6, 6.07) is 23.1. The number of carbonyl (C=O) groups is 1. The number of rotatable bonds is 12. The Labute approximate surface area is 216 Å². The molecule has 198 valence electrons. The third-order valence-corrected chi connectivity index (χ3v) is 10.1. The molecule has 0 heterocycles. The Morgan fingerprint density at radius 2 is 1.38 bits per heavy atom. The van der Waals surface area contributed by atoms with Crippen LogP contribution >= 0.6 is 7.60 Å². The molecule has 0 amide bonds. The first-order chi connectivity index (χ1) is 17.5. The molecule has 0 saturated carbocycles. The first-order valence-corrected chi connectivity index (χ1v) is 14.7. The molecule has 11 heteroatoms. The predicted octanol–water partition coefficient (Wildman–Crippen LogP) is 4.91. The number of hydrogen-bond acceptors (Lipinski definition) is 6. The molecule has 0 radical (unpaired) electrons. The minimum absolute atomic E-state index is 0.111. The van der Waals surface area contributed by atoms with Crippen molar-refractivity contribution in [3.05, 3.63) is 90.5 Å². The molecule has 0 aromatic heterocycles. The van der Waals surface area contributed by atoms with Gasteiger partial charge in [0.05, 0.1) is 4.90 Å². The molecule has 0 aliphatic rings. The van der Waals surface area contributed by atoms with Crippen molar-refractivity contribution in [2.24, 2.45) is 0 Å². The Morgan fingerprint density at radius 3 is 1.89 bits per heavy atom. The third kappa shape index (κ3) is 6.66. The van der Waals surface area contributed by atoms with Crippen molar-refractivity contribution in [2.75, 3.05) is 6.54 Å². The van der Waals surface area contributed by atoms with Gasteiger partial charge >= 0.3 is 13.6 Å². The highest BCUT2D eigenvalue weighted by Crippen LogP contribution is 2.57. The molecule has 3 aromatic rings. The number of hydrogen-bond donors (Lipinski definition) is 2. The van der Waals surface area contributed by atoms with Gasteiger partial charge in [-0.05, 0) is 54.8 Å². The Hall–Kier alpha value is -3.01. The molecule has 3 aromatic carbocycles. The first kappa shape index (κ1) is 28.6. The number of carbonyl (C=O) groups excluding carboxylic acids is 1. The summed E-state index contributed by atoms with van der Waals surface area (Å²) in [5, 5.41) is -2.14. The van der Waals surface area contributed by atoms with E-state index in [1.54, 1.807) is 54.6 Å². The van der Waals surface area contributed by atoms with Crippen LogP contribution in [0.5, 0.6) is 11.5 Å². The molecule has 0 aliphatic carbocycles. The lowest BCUT2D eigenvalue weighted by molar-refractivity contribution is -0.145. The van der Waals surface area contributed by atoms with E-state index in [0.717, 1.165) is 0 Å². The second kappa shape index (κ2) is 12.0. The topological polar surface area (TPSA) is 130 Å². The molecule has 9 nitrogen and oxygen atoms in total. The van der Waals surface area contributed by atoms with Crippen LogP contribution in [0.25, 0.3) is 0 Å². The van der Waals surface area contributed by atoms with Gasteiger partial charge in [-0.1, -0.05) is 62.4 Å². The van der Waals surface area contributed by atoms with Crippen LogP contribution in [0.3, 0.4) is 0 Å². The molecule has 3 rings (SSSR count). The Kier molecular flexibility index (Phi) is 9.28. The SMILES string of the molecule is CCC(CC)(N(CC(=O)OCc1ccccc1)S(=O)(=O)c1ccc(Oc2ccccc2)cc1)P(=O)(O)O. The number of benzene rings is 3. The van der Waals surface area contributed by atoms with Crippen LogP contribution in [0.4, 0.5) is 0 Å². The number of para-hydroxylation sites is 1. The van der Waals surface area contributed by atoms with Gasteiger partial charge in [-0.15, -0.1) is 0 Å². The third-order valence-electron chi connectivity index (χ3n) is 6.04. The van der Waals surface area contributed by atoms with Crippen molar-refractivity contribution >= 4 is 23.6 Å². The van der Waals surface area contributed by atoms with Gasteiger partial charge in [0.25, 0.3) is 0 Å². The summed E-state index contributed by atoms with van der Waals surface area (Å²) in [7, 11) is -9.60. The lowest BCUT2D eigenvalue weighted by atomic mass is 10.1. The fraction of sp³-hybridized carbons (Fsp3) is 0.269. The Morgan fingerprint density at radius 1 is 0.865 bits per heavy atom. The average Bonchev–Trinajstić information content (AvgIpc) is 2.88. The summed E-state index contributed by atoms with van der Waals surface area (Å²) in [5.41, 5.74) is 0.687. The Balaban J connectivity index is 1.93. The Bertz CT molecular complexity index is 1320. The van der Waals surface area contributed by atoms with Crippen molar-refractivity contribution in [3.63, 3.8) is 0 Å². The highest BCUT2D eigenvalue weighted by Gasteiger charge is 2.54. The largest absolute Gasteiger partial charge is 0.460 e. The van der Waals surface area contributed by atoms with Crippen LogP contribution < -0.4 is 4.74 Å². The zero-order valence-corrected chi connectivity index (χ0v) is 22.3. The van der Waals surface area contributed by atoms with Gasteiger partial charge in [-0.2, -0.15) is 4.31 Å². The smallest absolute Gasteiger partial charge is 0.346 e. The maximum atomic E-state index is 13.8. The van der Waals surface area contributed by atoms with Crippen LogP contribution in [-0.2, 0) is 30.7 Å². The minimum atomic E-state index is -5.05. The molecule has 2 N–H and O–H groups in total. The number of nitrogens with zero attached hydrogens (tertiary/aromatic N) is 1. The summed E-state index contributed by atoms with van der Waals surface area (Å²) in [6.45, 7) is 1.96. The fourth-order valence-corrected chi connectivity index (χ4v) is 7.49. The van der Waals surface area contributed by atoms with Crippen LogP contribution in [0.1, 0.15) is 32.3 Å². The summed E-state index contributed by atoms with van der Waals surface area (Å²) in [4.78, 5) is 33.1. The zero-order chi connectivity index (χ0) is 27.1. The quantitative estimate of drug-likeness (QED) is 0.242. The number of esters is 1. The first-order valence-electron chi connectivity index (χ1n) is 11.6. The average molecular weight is 548 g/mol. The van der Waals surface area contributed by atoms with E-state index in [0.29, 0.717) is 21.4 Å². The van der Waals surface area contributed by atoms with E-state index in [4.69, 9.17) is 9.47 Å².